The van der Waals surface area contributed by atoms with Gasteiger partial charge < -0.3 is 25.1 Å². The zero-order valence-electron chi connectivity index (χ0n) is 13.7. The van der Waals surface area contributed by atoms with Crippen LogP contribution in [-0.4, -0.2) is 75.2 Å². The molecule has 1 saturated heterocycles. The molecule has 2 amide bonds. The topological polar surface area (TPSA) is 77.3 Å². The number of amides is 2. The minimum atomic E-state index is -0.113. The Kier molecular flexibility index (Phi) is 5.81. The largest absolute Gasteiger partial charge is 0.506 e. The lowest BCUT2D eigenvalue weighted by Crippen LogP contribution is -3.16. The average Bonchev–Trinajstić information content (AvgIpc) is 2.54. The lowest BCUT2D eigenvalue weighted by atomic mass is 10.2. The number of carbonyl (C=O) groups excluding carboxylic acids is 2. The summed E-state index contributed by atoms with van der Waals surface area (Å²) in [5.74, 6) is 0.0693. The lowest BCUT2D eigenvalue weighted by molar-refractivity contribution is -0.892. The molecule has 23 heavy (non-hydrogen) atoms. The summed E-state index contributed by atoms with van der Waals surface area (Å²) in [6.45, 7) is 3.64. The number of likely N-dealkylation sites (N-methyl/N-ethyl adjacent to an activating group) is 1. The van der Waals surface area contributed by atoms with Gasteiger partial charge in [0.25, 0.3) is 5.91 Å². The minimum Gasteiger partial charge on any atom is -0.506 e. The Hall–Kier alpha value is -2.28. The van der Waals surface area contributed by atoms with Crippen LogP contribution in [0, 0.1) is 0 Å². The summed E-state index contributed by atoms with van der Waals surface area (Å²) in [5, 5.41) is 12.6. The number of phenols is 1. The quantitative estimate of drug-likeness (QED) is 0.604. The Labute approximate surface area is 136 Å². The van der Waals surface area contributed by atoms with E-state index in [1.54, 1.807) is 26.2 Å². The van der Waals surface area contributed by atoms with E-state index in [1.807, 2.05) is 12.1 Å². The number of para-hydroxylation sites is 2. The van der Waals surface area contributed by atoms with Gasteiger partial charge in [0.2, 0.25) is 5.91 Å². The maximum Gasteiger partial charge on any atom is 0.275 e. The number of hydrogen-bond acceptors (Lipinski definition) is 4. The molecule has 0 spiro atoms. The van der Waals surface area contributed by atoms with E-state index < -0.39 is 0 Å². The predicted molar refractivity (Wildman–Crippen MR) is 87.6 cm³/mol. The first kappa shape index (κ1) is 17.1. The lowest BCUT2D eigenvalue weighted by Gasteiger charge is -2.33. The number of carbonyl (C=O) groups is 2. The molecule has 1 aromatic rings. The van der Waals surface area contributed by atoms with Crippen LogP contribution in [0.1, 0.15) is 0 Å². The van der Waals surface area contributed by atoms with Gasteiger partial charge in [0, 0.05) is 14.1 Å². The van der Waals surface area contributed by atoms with Gasteiger partial charge in [-0.2, -0.15) is 0 Å². The van der Waals surface area contributed by atoms with Crippen molar-refractivity contribution >= 4 is 17.5 Å². The molecule has 2 rings (SSSR count). The molecule has 0 unspecified atom stereocenters. The summed E-state index contributed by atoms with van der Waals surface area (Å²) < 4.78 is 0. The molecule has 0 saturated carbocycles. The number of rotatable bonds is 5. The Morgan fingerprint density at radius 3 is 2.52 bits per heavy atom. The highest BCUT2D eigenvalue weighted by Crippen LogP contribution is 2.25. The van der Waals surface area contributed by atoms with Crippen LogP contribution in [0.3, 0.4) is 0 Å². The first-order chi connectivity index (χ1) is 11.0. The molecule has 0 radical (unpaired) electrons. The molecule has 1 heterocycles. The SMILES string of the molecule is CN(C)C(=O)CNC(=O)C[NH+]1CCN(c2ccccc2O)CC1. The van der Waals surface area contributed by atoms with Crippen molar-refractivity contribution < 1.29 is 19.6 Å². The van der Waals surface area contributed by atoms with Crippen molar-refractivity contribution in [3.63, 3.8) is 0 Å². The zero-order chi connectivity index (χ0) is 16.8. The van der Waals surface area contributed by atoms with Crippen LogP contribution >= 0.6 is 0 Å². The second-order valence-corrected chi connectivity index (χ2v) is 5.97. The van der Waals surface area contributed by atoms with E-state index in [0.717, 1.165) is 31.9 Å². The number of nitrogens with one attached hydrogen (secondary N) is 2. The van der Waals surface area contributed by atoms with Crippen LogP contribution in [0.15, 0.2) is 24.3 Å². The van der Waals surface area contributed by atoms with Crippen molar-refractivity contribution in [3.8, 4) is 5.75 Å². The van der Waals surface area contributed by atoms with Gasteiger partial charge in [-0.05, 0) is 12.1 Å². The third-order valence-corrected chi connectivity index (χ3v) is 4.04. The van der Waals surface area contributed by atoms with Crippen molar-refractivity contribution in [2.45, 2.75) is 0 Å². The summed E-state index contributed by atoms with van der Waals surface area (Å²) in [4.78, 5) is 28.1. The molecule has 0 aromatic heterocycles. The third-order valence-electron chi connectivity index (χ3n) is 4.04. The average molecular weight is 321 g/mol. The van der Waals surface area contributed by atoms with E-state index in [2.05, 4.69) is 10.2 Å². The predicted octanol–water partition coefficient (Wildman–Crippen LogP) is -1.70. The van der Waals surface area contributed by atoms with Gasteiger partial charge >= 0.3 is 0 Å². The Balaban J connectivity index is 1.75. The molecular weight excluding hydrogens is 296 g/mol. The maximum absolute atomic E-state index is 11.9. The zero-order valence-corrected chi connectivity index (χ0v) is 13.7. The van der Waals surface area contributed by atoms with Crippen molar-refractivity contribution in [2.75, 3.05) is 58.3 Å². The van der Waals surface area contributed by atoms with Crippen LogP contribution in [0.2, 0.25) is 0 Å². The Bertz CT molecular complexity index is 554. The number of piperazine rings is 1. The van der Waals surface area contributed by atoms with Gasteiger partial charge in [0.05, 0.1) is 38.4 Å². The molecule has 126 valence electrons. The summed E-state index contributed by atoms with van der Waals surface area (Å²) in [7, 11) is 3.33. The van der Waals surface area contributed by atoms with Gasteiger partial charge in [0.15, 0.2) is 6.54 Å². The number of aromatic hydroxyl groups is 1. The van der Waals surface area contributed by atoms with E-state index >= 15 is 0 Å². The van der Waals surface area contributed by atoms with Crippen LogP contribution in [0.4, 0.5) is 5.69 Å². The van der Waals surface area contributed by atoms with E-state index in [9.17, 15) is 14.7 Å². The van der Waals surface area contributed by atoms with Crippen LogP contribution in [0.5, 0.6) is 5.75 Å². The van der Waals surface area contributed by atoms with Gasteiger partial charge in [-0.1, -0.05) is 12.1 Å². The van der Waals surface area contributed by atoms with Crippen molar-refractivity contribution in [1.29, 1.82) is 0 Å². The summed E-state index contributed by atoms with van der Waals surface area (Å²) in [6.07, 6.45) is 0. The molecular formula is C16H25N4O3+. The number of benzene rings is 1. The highest BCUT2D eigenvalue weighted by Gasteiger charge is 2.23. The van der Waals surface area contributed by atoms with Crippen LogP contribution in [0.25, 0.3) is 0 Å². The van der Waals surface area contributed by atoms with E-state index in [4.69, 9.17) is 0 Å². The number of phenolic OH excluding ortho intramolecular Hbond substituents is 1. The Morgan fingerprint density at radius 1 is 1.26 bits per heavy atom. The van der Waals surface area contributed by atoms with E-state index in [-0.39, 0.29) is 24.1 Å². The maximum atomic E-state index is 11.9. The number of quaternary nitrogens is 1. The second kappa shape index (κ2) is 7.82. The van der Waals surface area contributed by atoms with Crippen molar-refractivity contribution in [2.24, 2.45) is 0 Å². The molecule has 1 aromatic carbocycles. The fourth-order valence-electron chi connectivity index (χ4n) is 2.59. The number of anilines is 1. The highest BCUT2D eigenvalue weighted by atomic mass is 16.3. The standard InChI is InChI=1S/C16H24N4O3/c1-18(2)16(23)11-17-15(22)12-19-7-9-20(10-8-19)13-5-3-4-6-14(13)21/h3-6,21H,7-12H2,1-2H3,(H,17,22)/p+1. The number of hydrogen-bond donors (Lipinski definition) is 3. The number of nitrogens with zero attached hydrogens (tertiary/aromatic N) is 2. The smallest absolute Gasteiger partial charge is 0.275 e. The van der Waals surface area contributed by atoms with Crippen LogP contribution in [-0.2, 0) is 9.59 Å². The fourth-order valence-corrected chi connectivity index (χ4v) is 2.59. The molecule has 1 fully saturated rings. The van der Waals surface area contributed by atoms with Gasteiger partial charge in [-0.15, -0.1) is 0 Å². The fraction of sp³-hybridized carbons (Fsp3) is 0.500. The molecule has 7 nitrogen and oxygen atoms in total. The first-order valence-electron chi connectivity index (χ1n) is 7.80. The normalized spacial score (nSPS) is 15.3. The van der Waals surface area contributed by atoms with Crippen molar-refractivity contribution in [3.05, 3.63) is 24.3 Å². The van der Waals surface area contributed by atoms with Gasteiger partial charge in [0.1, 0.15) is 5.75 Å². The van der Waals surface area contributed by atoms with Gasteiger partial charge in [-0.25, -0.2) is 0 Å². The molecule has 3 N–H and O–H groups in total. The molecule has 1 aliphatic heterocycles. The summed E-state index contributed by atoms with van der Waals surface area (Å²) in [5.41, 5.74) is 0.840. The highest BCUT2D eigenvalue weighted by molar-refractivity contribution is 5.84. The van der Waals surface area contributed by atoms with E-state index in [0.29, 0.717) is 6.54 Å². The molecule has 0 atom stereocenters. The second-order valence-electron chi connectivity index (χ2n) is 5.97. The van der Waals surface area contributed by atoms with Crippen LogP contribution < -0.4 is 15.1 Å². The molecule has 0 aliphatic carbocycles. The van der Waals surface area contributed by atoms with E-state index in [1.165, 1.54) is 9.80 Å². The summed E-state index contributed by atoms with van der Waals surface area (Å²) >= 11 is 0. The monoisotopic (exact) mass is 321 g/mol. The minimum absolute atomic E-state index is 0.0448. The third kappa shape index (κ3) is 4.85. The molecule has 1 aliphatic rings. The van der Waals surface area contributed by atoms with Gasteiger partial charge in [-0.3, -0.25) is 9.59 Å². The Morgan fingerprint density at radius 2 is 1.91 bits per heavy atom. The molecule has 7 heteroatoms. The molecule has 0 bridgehead atoms. The first-order valence-corrected chi connectivity index (χ1v) is 7.80. The summed E-state index contributed by atoms with van der Waals surface area (Å²) in [6, 6.07) is 7.30. The van der Waals surface area contributed by atoms with Crippen molar-refractivity contribution in [1.82, 2.24) is 10.2 Å².